The van der Waals surface area contributed by atoms with Gasteiger partial charge in [-0.05, 0) is 38.5 Å². The molecule has 0 aromatic rings. The molecule has 0 rings (SSSR count). The Morgan fingerprint density at radius 2 is 1.38 bits per heavy atom. The highest BCUT2D eigenvalue weighted by molar-refractivity contribution is 4.87. The Labute approximate surface area is 102 Å². The fourth-order valence-electron chi connectivity index (χ4n) is 2.29. The number of rotatable bonds is 6. The average Bonchev–Trinajstić information content (AvgIpc) is 2.11. The molecule has 16 heavy (non-hydrogen) atoms. The number of hydrogen-bond acceptors (Lipinski definition) is 2. The van der Waals surface area contributed by atoms with E-state index in [4.69, 9.17) is 0 Å². The topological polar surface area (TPSA) is 32.3 Å². The van der Waals surface area contributed by atoms with Crippen molar-refractivity contribution in [3.8, 4) is 0 Å². The van der Waals surface area contributed by atoms with Crippen LogP contribution in [0.15, 0.2) is 0 Å². The highest BCUT2D eigenvalue weighted by atomic mass is 16.3. The number of hydrogen-bond donors (Lipinski definition) is 2. The van der Waals surface area contributed by atoms with Gasteiger partial charge in [0.15, 0.2) is 0 Å². The van der Waals surface area contributed by atoms with Crippen molar-refractivity contribution in [1.82, 2.24) is 5.32 Å². The van der Waals surface area contributed by atoms with Gasteiger partial charge in [0, 0.05) is 12.1 Å². The van der Waals surface area contributed by atoms with Crippen LogP contribution in [0.2, 0.25) is 0 Å². The van der Waals surface area contributed by atoms with Crippen LogP contribution in [0.4, 0.5) is 0 Å². The van der Waals surface area contributed by atoms with Gasteiger partial charge in [0.05, 0.1) is 5.60 Å². The Hall–Kier alpha value is -0.0800. The Bertz CT molecular complexity index is 199. The fourth-order valence-corrected chi connectivity index (χ4v) is 2.29. The van der Waals surface area contributed by atoms with Gasteiger partial charge in [-0.25, -0.2) is 0 Å². The molecule has 0 aromatic carbocycles. The van der Waals surface area contributed by atoms with Gasteiger partial charge in [-0.2, -0.15) is 0 Å². The van der Waals surface area contributed by atoms with E-state index in [1.165, 1.54) is 0 Å². The summed E-state index contributed by atoms with van der Waals surface area (Å²) in [5.41, 5.74) is -0.154. The third kappa shape index (κ3) is 6.49. The van der Waals surface area contributed by atoms with Crippen molar-refractivity contribution in [2.45, 2.75) is 78.9 Å². The highest BCUT2D eigenvalue weighted by Crippen LogP contribution is 2.27. The molecule has 0 spiro atoms. The Morgan fingerprint density at radius 1 is 0.938 bits per heavy atom. The zero-order valence-corrected chi connectivity index (χ0v) is 12.3. The van der Waals surface area contributed by atoms with E-state index in [9.17, 15) is 5.11 Å². The van der Waals surface area contributed by atoms with Crippen LogP contribution in [-0.2, 0) is 0 Å². The molecule has 0 amide bonds. The van der Waals surface area contributed by atoms with Crippen LogP contribution in [0.1, 0.15) is 67.7 Å². The Kier molecular flexibility index (Phi) is 5.48. The van der Waals surface area contributed by atoms with Gasteiger partial charge in [-0.15, -0.1) is 0 Å². The molecule has 2 N–H and O–H groups in total. The van der Waals surface area contributed by atoms with Gasteiger partial charge in [-0.1, -0.05) is 34.6 Å². The molecule has 2 heteroatoms. The van der Waals surface area contributed by atoms with E-state index in [0.717, 1.165) is 19.3 Å². The summed E-state index contributed by atoms with van der Waals surface area (Å²) in [5, 5.41) is 13.7. The van der Waals surface area contributed by atoms with Crippen molar-refractivity contribution in [2.24, 2.45) is 5.41 Å². The molecule has 0 radical (unpaired) electrons. The first-order valence-electron chi connectivity index (χ1n) is 6.51. The molecular formula is C14H31NO. The third-order valence-corrected chi connectivity index (χ3v) is 3.18. The minimum absolute atomic E-state index is 0.0799. The predicted molar refractivity (Wildman–Crippen MR) is 71.7 cm³/mol. The maximum Gasteiger partial charge on any atom is 0.0766 e. The second-order valence-corrected chi connectivity index (χ2v) is 6.91. The van der Waals surface area contributed by atoms with Crippen LogP contribution >= 0.6 is 0 Å². The second-order valence-electron chi connectivity index (χ2n) is 6.91. The fraction of sp³-hybridized carbons (Fsp3) is 1.00. The molecule has 2 nitrogen and oxygen atoms in total. The molecule has 0 bridgehead atoms. The quantitative estimate of drug-likeness (QED) is 0.732. The summed E-state index contributed by atoms with van der Waals surface area (Å²) < 4.78 is 0. The maximum atomic E-state index is 10.2. The van der Waals surface area contributed by atoms with Crippen LogP contribution < -0.4 is 5.32 Å². The van der Waals surface area contributed by atoms with Crippen LogP contribution in [0, 0.1) is 5.41 Å². The number of nitrogens with one attached hydrogen (secondary N) is 1. The van der Waals surface area contributed by atoms with Crippen LogP contribution in [0.3, 0.4) is 0 Å². The standard InChI is InChI=1S/C14H31NO/c1-8-14(16,9-2)11-15-13(6,7)10-12(3,4)5/h15-16H,8-11H2,1-7H3. The molecule has 0 saturated carbocycles. The highest BCUT2D eigenvalue weighted by Gasteiger charge is 2.29. The summed E-state index contributed by atoms with van der Waals surface area (Å²) in [5.74, 6) is 0. The maximum absolute atomic E-state index is 10.2. The molecule has 0 fully saturated rings. The van der Waals surface area contributed by atoms with Crippen molar-refractivity contribution in [2.75, 3.05) is 6.54 Å². The lowest BCUT2D eigenvalue weighted by atomic mass is 9.81. The van der Waals surface area contributed by atoms with Crippen LogP contribution in [0.25, 0.3) is 0 Å². The van der Waals surface area contributed by atoms with E-state index in [1.54, 1.807) is 0 Å². The van der Waals surface area contributed by atoms with Gasteiger partial charge in [0.2, 0.25) is 0 Å². The molecule has 98 valence electrons. The largest absolute Gasteiger partial charge is 0.389 e. The molecule has 0 aliphatic carbocycles. The van der Waals surface area contributed by atoms with E-state index in [2.05, 4.69) is 39.9 Å². The first kappa shape index (κ1) is 15.9. The van der Waals surface area contributed by atoms with Crippen molar-refractivity contribution < 1.29 is 5.11 Å². The first-order valence-corrected chi connectivity index (χ1v) is 6.51. The summed E-state index contributed by atoms with van der Waals surface area (Å²) in [6, 6.07) is 0. The zero-order valence-electron chi connectivity index (χ0n) is 12.3. The summed E-state index contributed by atoms with van der Waals surface area (Å²) in [7, 11) is 0. The second kappa shape index (κ2) is 5.50. The summed E-state index contributed by atoms with van der Waals surface area (Å²) in [4.78, 5) is 0. The van der Waals surface area contributed by atoms with Crippen molar-refractivity contribution >= 4 is 0 Å². The molecule has 0 saturated heterocycles. The average molecular weight is 229 g/mol. The smallest absolute Gasteiger partial charge is 0.0766 e. The molecule has 0 atom stereocenters. The normalized spacial score (nSPS) is 14.2. The van der Waals surface area contributed by atoms with Crippen molar-refractivity contribution in [3.05, 3.63) is 0 Å². The summed E-state index contributed by atoms with van der Waals surface area (Å²) in [6.45, 7) is 16.0. The summed E-state index contributed by atoms with van der Waals surface area (Å²) >= 11 is 0. The van der Waals surface area contributed by atoms with Crippen LogP contribution in [0.5, 0.6) is 0 Å². The molecular weight excluding hydrogens is 198 g/mol. The minimum atomic E-state index is -0.546. The minimum Gasteiger partial charge on any atom is -0.389 e. The van der Waals surface area contributed by atoms with E-state index >= 15 is 0 Å². The molecule has 0 heterocycles. The van der Waals surface area contributed by atoms with E-state index < -0.39 is 5.60 Å². The molecule has 0 aromatic heterocycles. The predicted octanol–water partition coefficient (Wildman–Crippen LogP) is 3.34. The number of aliphatic hydroxyl groups is 1. The Morgan fingerprint density at radius 3 is 1.69 bits per heavy atom. The lowest BCUT2D eigenvalue weighted by Crippen LogP contribution is -2.50. The number of β-amino-alcohol motifs (C(OH)–C–C–N with tert-alkyl or cyclic N) is 1. The molecule has 0 aliphatic rings. The summed E-state index contributed by atoms with van der Waals surface area (Å²) in [6.07, 6.45) is 2.72. The zero-order chi connectivity index (χ0) is 13.0. The van der Waals surface area contributed by atoms with Gasteiger partial charge in [-0.3, -0.25) is 0 Å². The molecule has 0 unspecified atom stereocenters. The van der Waals surface area contributed by atoms with Gasteiger partial charge >= 0.3 is 0 Å². The van der Waals surface area contributed by atoms with Crippen molar-refractivity contribution in [3.63, 3.8) is 0 Å². The van der Waals surface area contributed by atoms with Gasteiger partial charge in [0.25, 0.3) is 0 Å². The van der Waals surface area contributed by atoms with E-state index in [0.29, 0.717) is 12.0 Å². The Balaban J connectivity index is 4.28. The lowest BCUT2D eigenvalue weighted by molar-refractivity contribution is 0.0233. The van der Waals surface area contributed by atoms with Crippen molar-refractivity contribution in [1.29, 1.82) is 0 Å². The molecule has 0 aliphatic heterocycles. The van der Waals surface area contributed by atoms with Crippen LogP contribution in [-0.4, -0.2) is 22.8 Å². The first-order chi connectivity index (χ1) is 7.04. The van der Waals surface area contributed by atoms with E-state index in [1.807, 2.05) is 13.8 Å². The monoisotopic (exact) mass is 229 g/mol. The van der Waals surface area contributed by atoms with Gasteiger partial charge < -0.3 is 10.4 Å². The SMILES string of the molecule is CCC(O)(CC)CNC(C)(C)CC(C)(C)C. The third-order valence-electron chi connectivity index (χ3n) is 3.18. The lowest BCUT2D eigenvalue weighted by Gasteiger charge is -2.37. The van der Waals surface area contributed by atoms with Gasteiger partial charge in [0.1, 0.15) is 0 Å². The van der Waals surface area contributed by atoms with E-state index in [-0.39, 0.29) is 5.54 Å².